The molecule has 0 aromatic heterocycles. The van der Waals surface area contributed by atoms with E-state index in [0.717, 1.165) is 0 Å². The Balaban J connectivity index is 2.61. The van der Waals surface area contributed by atoms with Gasteiger partial charge in [0, 0.05) is 24.3 Å². The summed E-state index contributed by atoms with van der Waals surface area (Å²) in [4.78, 5) is 22.7. The molecule has 0 unspecified atom stereocenters. The lowest BCUT2D eigenvalue weighted by Gasteiger charge is -2.09. The van der Waals surface area contributed by atoms with E-state index in [1.807, 2.05) is 6.92 Å². The summed E-state index contributed by atoms with van der Waals surface area (Å²) in [6, 6.07) is 6.50. The fourth-order valence-electron chi connectivity index (χ4n) is 1.29. The predicted octanol–water partition coefficient (Wildman–Crippen LogP) is 1.25. The van der Waals surface area contributed by atoms with Gasteiger partial charge in [-0.05, 0) is 25.0 Å². The number of aliphatic hydroxyl groups is 1. The van der Waals surface area contributed by atoms with Crippen molar-refractivity contribution in [3.8, 4) is 0 Å². The van der Waals surface area contributed by atoms with E-state index < -0.39 is 0 Å². The number of amides is 1. The molecule has 0 aliphatic heterocycles. The van der Waals surface area contributed by atoms with Crippen LogP contribution in [0.1, 0.15) is 34.6 Å². The number of benzene rings is 1. The van der Waals surface area contributed by atoms with Crippen molar-refractivity contribution in [2.24, 2.45) is 5.92 Å². The average Bonchev–Trinajstić information content (AvgIpc) is 2.35. The Morgan fingerprint density at radius 1 is 1.24 bits per heavy atom. The van der Waals surface area contributed by atoms with Crippen molar-refractivity contribution in [1.29, 1.82) is 0 Å². The Morgan fingerprint density at radius 3 is 2.24 bits per heavy atom. The van der Waals surface area contributed by atoms with E-state index in [4.69, 9.17) is 5.11 Å². The van der Waals surface area contributed by atoms with Gasteiger partial charge in [0.15, 0.2) is 5.78 Å². The van der Waals surface area contributed by atoms with Gasteiger partial charge in [0.25, 0.3) is 5.91 Å². The van der Waals surface area contributed by atoms with Gasteiger partial charge in [-0.1, -0.05) is 19.1 Å². The quantitative estimate of drug-likeness (QED) is 0.755. The molecule has 4 heteroatoms. The van der Waals surface area contributed by atoms with Gasteiger partial charge in [0.1, 0.15) is 0 Å². The first-order valence-electron chi connectivity index (χ1n) is 5.54. The van der Waals surface area contributed by atoms with Crippen molar-refractivity contribution >= 4 is 11.7 Å². The second-order valence-electron chi connectivity index (χ2n) is 4.13. The fraction of sp³-hybridized carbons (Fsp3) is 0.385. The number of Topliss-reactive ketones (excluding diaryl/α,β-unsaturated/α-hetero) is 1. The molecule has 1 aromatic carbocycles. The van der Waals surface area contributed by atoms with Crippen LogP contribution in [0.25, 0.3) is 0 Å². The van der Waals surface area contributed by atoms with E-state index in [2.05, 4.69) is 5.32 Å². The van der Waals surface area contributed by atoms with Gasteiger partial charge >= 0.3 is 0 Å². The molecule has 1 amide bonds. The summed E-state index contributed by atoms with van der Waals surface area (Å²) in [7, 11) is 0. The number of ketones is 1. The predicted molar refractivity (Wildman–Crippen MR) is 65.0 cm³/mol. The van der Waals surface area contributed by atoms with E-state index in [0.29, 0.717) is 17.7 Å². The van der Waals surface area contributed by atoms with Crippen LogP contribution < -0.4 is 5.32 Å². The number of nitrogens with one attached hydrogen (secondary N) is 1. The Morgan fingerprint density at radius 2 is 1.76 bits per heavy atom. The molecule has 0 spiro atoms. The maximum absolute atomic E-state index is 11.7. The summed E-state index contributed by atoms with van der Waals surface area (Å²) < 4.78 is 0. The summed E-state index contributed by atoms with van der Waals surface area (Å²) >= 11 is 0. The molecule has 0 fully saturated rings. The molecule has 1 atom stereocenters. The van der Waals surface area contributed by atoms with Gasteiger partial charge in [0.05, 0.1) is 0 Å². The van der Waals surface area contributed by atoms with Crippen LogP contribution in [0.15, 0.2) is 24.3 Å². The number of aliphatic hydroxyl groups excluding tert-OH is 1. The summed E-state index contributed by atoms with van der Waals surface area (Å²) in [5, 5.41) is 11.5. The number of hydrogen-bond acceptors (Lipinski definition) is 3. The molecule has 0 radical (unpaired) electrons. The van der Waals surface area contributed by atoms with Gasteiger partial charge in [-0.25, -0.2) is 0 Å². The molecule has 0 saturated heterocycles. The van der Waals surface area contributed by atoms with Crippen molar-refractivity contribution < 1.29 is 14.7 Å². The molecule has 4 nitrogen and oxygen atoms in total. The lowest BCUT2D eigenvalue weighted by molar-refractivity contribution is 0.0940. The standard InChI is InChI=1S/C13H17NO3/c1-9(8-15)7-14-13(17)12-5-3-11(4-6-12)10(2)16/h3-6,9,15H,7-8H2,1-2H3,(H,14,17)/t9-/m1/s1. The van der Waals surface area contributed by atoms with Gasteiger partial charge in [-0.15, -0.1) is 0 Å². The largest absolute Gasteiger partial charge is 0.396 e. The van der Waals surface area contributed by atoms with Crippen molar-refractivity contribution in [3.05, 3.63) is 35.4 Å². The highest BCUT2D eigenvalue weighted by Crippen LogP contribution is 2.05. The monoisotopic (exact) mass is 235 g/mol. The van der Waals surface area contributed by atoms with Crippen LogP contribution in [0.2, 0.25) is 0 Å². The zero-order chi connectivity index (χ0) is 12.8. The van der Waals surface area contributed by atoms with Gasteiger partial charge in [0.2, 0.25) is 0 Å². The molecule has 0 aliphatic rings. The van der Waals surface area contributed by atoms with Gasteiger partial charge < -0.3 is 10.4 Å². The third-order valence-electron chi connectivity index (χ3n) is 2.48. The third kappa shape index (κ3) is 4.00. The molecule has 0 aliphatic carbocycles. The summed E-state index contributed by atoms with van der Waals surface area (Å²) in [6.45, 7) is 3.81. The highest BCUT2D eigenvalue weighted by atomic mass is 16.3. The van der Waals surface area contributed by atoms with Crippen LogP contribution >= 0.6 is 0 Å². The fourth-order valence-corrected chi connectivity index (χ4v) is 1.29. The minimum absolute atomic E-state index is 0.0224. The number of carbonyl (C=O) groups excluding carboxylic acids is 2. The molecule has 0 saturated carbocycles. The Kier molecular flexibility index (Phi) is 4.84. The molecule has 2 N–H and O–H groups in total. The van der Waals surface area contributed by atoms with Crippen molar-refractivity contribution in [2.45, 2.75) is 13.8 Å². The Bertz CT molecular complexity index is 398. The van der Waals surface area contributed by atoms with E-state index in [-0.39, 0.29) is 24.2 Å². The molecule has 17 heavy (non-hydrogen) atoms. The van der Waals surface area contributed by atoms with Crippen LogP contribution in [0.5, 0.6) is 0 Å². The van der Waals surface area contributed by atoms with Gasteiger partial charge in [-0.3, -0.25) is 9.59 Å². The second kappa shape index (κ2) is 6.15. The topological polar surface area (TPSA) is 66.4 Å². The second-order valence-corrected chi connectivity index (χ2v) is 4.13. The molecule has 0 bridgehead atoms. The van der Waals surface area contributed by atoms with Crippen LogP contribution in [-0.4, -0.2) is 29.9 Å². The highest BCUT2D eigenvalue weighted by molar-refractivity contribution is 5.97. The first kappa shape index (κ1) is 13.4. The van der Waals surface area contributed by atoms with Crippen LogP contribution in [0, 0.1) is 5.92 Å². The number of hydrogen-bond donors (Lipinski definition) is 2. The Hall–Kier alpha value is -1.68. The molecule has 92 valence electrons. The third-order valence-corrected chi connectivity index (χ3v) is 2.48. The molecule has 1 aromatic rings. The summed E-state index contributed by atoms with van der Waals surface area (Å²) in [5.41, 5.74) is 1.10. The van der Waals surface area contributed by atoms with E-state index in [1.165, 1.54) is 6.92 Å². The number of carbonyl (C=O) groups is 2. The minimum atomic E-state index is -0.194. The van der Waals surface area contributed by atoms with E-state index in [9.17, 15) is 9.59 Å². The molecular weight excluding hydrogens is 218 g/mol. The lowest BCUT2D eigenvalue weighted by atomic mass is 10.1. The summed E-state index contributed by atoms with van der Waals surface area (Å²) in [6.07, 6.45) is 0. The minimum Gasteiger partial charge on any atom is -0.396 e. The maximum Gasteiger partial charge on any atom is 0.251 e. The zero-order valence-electron chi connectivity index (χ0n) is 10.1. The molecular formula is C13H17NO3. The van der Waals surface area contributed by atoms with E-state index >= 15 is 0 Å². The summed E-state index contributed by atoms with van der Waals surface area (Å²) in [5.74, 6) is -0.179. The van der Waals surface area contributed by atoms with Gasteiger partial charge in [-0.2, -0.15) is 0 Å². The first-order valence-corrected chi connectivity index (χ1v) is 5.54. The van der Waals surface area contributed by atoms with Crippen LogP contribution in [0.4, 0.5) is 0 Å². The normalized spacial score (nSPS) is 11.9. The zero-order valence-corrected chi connectivity index (χ0v) is 10.1. The first-order chi connectivity index (χ1) is 8.04. The van der Waals surface area contributed by atoms with Crippen molar-refractivity contribution in [3.63, 3.8) is 0 Å². The van der Waals surface area contributed by atoms with Crippen molar-refractivity contribution in [1.82, 2.24) is 5.32 Å². The Labute approximate surface area is 101 Å². The highest BCUT2D eigenvalue weighted by Gasteiger charge is 2.07. The van der Waals surface area contributed by atoms with E-state index in [1.54, 1.807) is 24.3 Å². The van der Waals surface area contributed by atoms with Crippen LogP contribution in [0.3, 0.4) is 0 Å². The SMILES string of the molecule is CC(=O)c1ccc(C(=O)NC[C@@H](C)CO)cc1. The van der Waals surface area contributed by atoms with Crippen LogP contribution in [-0.2, 0) is 0 Å². The molecule has 0 heterocycles. The smallest absolute Gasteiger partial charge is 0.251 e. The number of rotatable bonds is 5. The average molecular weight is 235 g/mol. The lowest BCUT2D eigenvalue weighted by Crippen LogP contribution is -2.29. The van der Waals surface area contributed by atoms with Crippen molar-refractivity contribution in [2.75, 3.05) is 13.2 Å². The maximum atomic E-state index is 11.7. The molecule has 1 rings (SSSR count).